The van der Waals surface area contributed by atoms with Crippen molar-refractivity contribution in [2.75, 3.05) is 0 Å². The standard InChI is InChI=1S/C17H10N4S/c1-2-6-11(7-3-1)14-10-22-17-20-19-15-12-8-4-5-9-13(12)18-16(15)21(14)17/h1-10H. The Morgan fingerprint density at radius 2 is 1.68 bits per heavy atom. The van der Waals surface area contributed by atoms with Gasteiger partial charge in [0, 0.05) is 10.8 Å². The van der Waals surface area contributed by atoms with Gasteiger partial charge in [0.25, 0.3) is 0 Å². The van der Waals surface area contributed by atoms with E-state index in [1.807, 2.05) is 42.5 Å². The monoisotopic (exact) mass is 302 g/mol. The molecule has 2 aliphatic rings. The molecule has 0 amide bonds. The molecule has 0 fully saturated rings. The third kappa shape index (κ3) is 1.54. The van der Waals surface area contributed by atoms with Gasteiger partial charge in [-0.25, -0.2) is 4.98 Å². The lowest BCUT2D eigenvalue weighted by atomic mass is 10.2. The van der Waals surface area contributed by atoms with Crippen LogP contribution in [0.4, 0.5) is 0 Å². The van der Waals surface area contributed by atoms with Gasteiger partial charge in [-0.15, -0.1) is 21.5 Å². The molecule has 3 aromatic rings. The van der Waals surface area contributed by atoms with Crippen molar-refractivity contribution < 1.29 is 0 Å². The predicted molar refractivity (Wildman–Crippen MR) is 88.2 cm³/mol. The summed E-state index contributed by atoms with van der Waals surface area (Å²) in [5.74, 6) is 0.867. The fourth-order valence-electron chi connectivity index (χ4n) is 2.80. The highest BCUT2D eigenvalue weighted by Gasteiger charge is 2.20. The number of thiazole rings is 1. The molecule has 22 heavy (non-hydrogen) atoms. The van der Waals surface area contributed by atoms with Crippen LogP contribution in [-0.2, 0) is 0 Å². The van der Waals surface area contributed by atoms with Crippen molar-refractivity contribution >= 4 is 27.2 Å². The zero-order valence-electron chi connectivity index (χ0n) is 11.5. The number of hydrogen-bond acceptors (Lipinski definition) is 4. The number of rotatable bonds is 1. The van der Waals surface area contributed by atoms with Gasteiger partial charge in [0.05, 0.1) is 11.2 Å². The van der Waals surface area contributed by atoms with Crippen LogP contribution in [0.3, 0.4) is 0 Å². The molecule has 0 atom stereocenters. The summed E-state index contributed by atoms with van der Waals surface area (Å²) in [6.07, 6.45) is 0. The first-order valence-electron chi connectivity index (χ1n) is 6.98. The second kappa shape index (κ2) is 4.35. The minimum Gasteiger partial charge on any atom is -0.266 e. The Kier molecular flexibility index (Phi) is 2.34. The van der Waals surface area contributed by atoms with Crippen LogP contribution in [-0.4, -0.2) is 19.6 Å². The van der Waals surface area contributed by atoms with E-state index in [1.165, 1.54) is 0 Å². The molecule has 0 radical (unpaired) electrons. The summed E-state index contributed by atoms with van der Waals surface area (Å²) in [5.41, 5.74) is 4.06. The second-order valence-corrected chi connectivity index (χ2v) is 5.94. The highest BCUT2D eigenvalue weighted by atomic mass is 32.1. The average Bonchev–Trinajstić information content (AvgIpc) is 3.16. The number of fused-ring (bicyclic) bond motifs is 5. The SMILES string of the molecule is c1ccc(-c2csc3nnc4c5ccccc5nc-4n23)cc1. The smallest absolute Gasteiger partial charge is 0.216 e. The summed E-state index contributed by atoms with van der Waals surface area (Å²) in [5, 5.41) is 11.9. The maximum absolute atomic E-state index is 4.77. The molecule has 0 aliphatic carbocycles. The van der Waals surface area contributed by atoms with Gasteiger partial charge >= 0.3 is 0 Å². The molecular weight excluding hydrogens is 292 g/mol. The van der Waals surface area contributed by atoms with Crippen molar-refractivity contribution in [3.05, 3.63) is 60.0 Å². The first-order valence-corrected chi connectivity index (χ1v) is 7.86. The van der Waals surface area contributed by atoms with Crippen molar-refractivity contribution in [3.8, 4) is 22.8 Å². The summed E-state index contributed by atoms with van der Waals surface area (Å²) in [6, 6.07) is 18.4. The van der Waals surface area contributed by atoms with E-state index in [-0.39, 0.29) is 0 Å². The summed E-state index contributed by atoms with van der Waals surface area (Å²) in [6.45, 7) is 0. The number of nitrogens with zero attached hydrogens (tertiary/aromatic N) is 4. The molecule has 0 saturated heterocycles. The fourth-order valence-corrected chi connectivity index (χ4v) is 3.64. The maximum Gasteiger partial charge on any atom is 0.216 e. The van der Waals surface area contributed by atoms with E-state index in [2.05, 4.69) is 32.1 Å². The Bertz CT molecular complexity index is 1080. The van der Waals surface area contributed by atoms with Crippen molar-refractivity contribution in [3.63, 3.8) is 0 Å². The van der Waals surface area contributed by atoms with Crippen LogP contribution in [0.25, 0.3) is 38.6 Å². The number of para-hydroxylation sites is 1. The van der Waals surface area contributed by atoms with Crippen LogP contribution in [0.2, 0.25) is 0 Å². The number of aromatic nitrogens is 4. The maximum atomic E-state index is 4.77. The number of benzene rings is 2. The van der Waals surface area contributed by atoms with Crippen LogP contribution in [0, 0.1) is 0 Å². The molecule has 2 aliphatic heterocycles. The average molecular weight is 302 g/mol. The normalized spacial score (nSPS) is 11.6. The molecule has 104 valence electrons. The molecular formula is C17H10N4S. The molecule has 0 saturated carbocycles. The molecule has 5 heteroatoms. The molecule has 4 nitrogen and oxygen atoms in total. The van der Waals surface area contributed by atoms with Gasteiger partial charge in [-0.2, -0.15) is 0 Å². The van der Waals surface area contributed by atoms with Gasteiger partial charge in [-0.3, -0.25) is 4.40 Å². The molecule has 5 rings (SSSR count). The molecule has 0 unspecified atom stereocenters. The van der Waals surface area contributed by atoms with Gasteiger partial charge in [0.2, 0.25) is 4.96 Å². The van der Waals surface area contributed by atoms with E-state index in [0.717, 1.165) is 38.6 Å². The zero-order chi connectivity index (χ0) is 14.5. The summed E-state index contributed by atoms with van der Waals surface area (Å²) in [7, 11) is 0. The predicted octanol–water partition coefficient (Wildman–Crippen LogP) is 4.11. The molecule has 0 spiro atoms. The highest BCUT2D eigenvalue weighted by molar-refractivity contribution is 7.15. The first-order chi connectivity index (χ1) is 10.9. The Balaban J connectivity index is 1.93. The molecule has 1 aromatic heterocycles. The van der Waals surface area contributed by atoms with Gasteiger partial charge in [-0.05, 0) is 11.6 Å². The van der Waals surface area contributed by atoms with E-state index >= 15 is 0 Å². The molecule has 0 N–H and O–H groups in total. The first kappa shape index (κ1) is 11.8. The lowest BCUT2D eigenvalue weighted by molar-refractivity contribution is 0.989. The second-order valence-electron chi connectivity index (χ2n) is 5.11. The fraction of sp³-hybridized carbons (Fsp3) is 0. The third-order valence-electron chi connectivity index (χ3n) is 3.82. The van der Waals surface area contributed by atoms with Crippen LogP contribution in [0.5, 0.6) is 0 Å². The Hall–Kier alpha value is -2.79. The minimum atomic E-state index is 0.851. The summed E-state index contributed by atoms with van der Waals surface area (Å²) in [4.78, 5) is 5.62. The lowest BCUT2D eigenvalue weighted by Gasteiger charge is -2.05. The van der Waals surface area contributed by atoms with E-state index in [4.69, 9.17) is 4.98 Å². The van der Waals surface area contributed by atoms with Crippen molar-refractivity contribution in [1.82, 2.24) is 19.6 Å². The Morgan fingerprint density at radius 3 is 2.59 bits per heavy atom. The van der Waals surface area contributed by atoms with Gasteiger partial charge in [-0.1, -0.05) is 48.5 Å². The van der Waals surface area contributed by atoms with Crippen molar-refractivity contribution in [2.24, 2.45) is 0 Å². The summed E-state index contributed by atoms with van der Waals surface area (Å²) < 4.78 is 2.10. The quantitative estimate of drug-likeness (QED) is 0.468. The van der Waals surface area contributed by atoms with Crippen molar-refractivity contribution in [2.45, 2.75) is 0 Å². The lowest BCUT2D eigenvalue weighted by Crippen LogP contribution is -1.99. The van der Waals surface area contributed by atoms with Crippen LogP contribution in [0.1, 0.15) is 0 Å². The van der Waals surface area contributed by atoms with Crippen molar-refractivity contribution in [1.29, 1.82) is 0 Å². The highest BCUT2D eigenvalue weighted by Crippen LogP contribution is 2.34. The Labute approximate surface area is 130 Å². The van der Waals surface area contributed by atoms with E-state index in [1.54, 1.807) is 11.3 Å². The third-order valence-corrected chi connectivity index (χ3v) is 4.64. The van der Waals surface area contributed by atoms with Gasteiger partial charge in [0.1, 0.15) is 5.69 Å². The molecule has 0 bridgehead atoms. The Morgan fingerprint density at radius 1 is 0.864 bits per heavy atom. The van der Waals surface area contributed by atoms with Crippen LogP contribution >= 0.6 is 11.3 Å². The van der Waals surface area contributed by atoms with Gasteiger partial charge in [0.15, 0.2) is 5.82 Å². The van der Waals surface area contributed by atoms with E-state index in [9.17, 15) is 0 Å². The van der Waals surface area contributed by atoms with Gasteiger partial charge < -0.3 is 0 Å². The van der Waals surface area contributed by atoms with E-state index < -0.39 is 0 Å². The summed E-state index contributed by atoms with van der Waals surface area (Å²) >= 11 is 1.58. The minimum absolute atomic E-state index is 0.851. The number of hydrogen-bond donors (Lipinski definition) is 0. The molecule has 2 aromatic carbocycles. The molecule has 3 heterocycles. The topological polar surface area (TPSA) is 43.1 Å². The van der Waals surface area contributed by atoms with Crippen LogP contribution < -0.4 is 0 Å². The van der Waals surface area contributed by atoms with Crippen LogP contribution in [0.15, 0.2) is 60.0 Å². The largest absolute Gasteiger partial charge is 0.266 e. The zero-order valence-corrected chi connectivity index (χ0v) is 12.3. The van der Waals surface area contributed by atoms with E-state index in [0.29, 0.717) is 0 Å².